The Morgan fingerprint density at radius 1 is 0.754 bits per heavy atom. The molecule has 17 nitrogen and oxygen atoms in total. The summed E-state index contributed by atoms with van der Waals surface area (Å²) >= 11 is 23.6. The highest BCUT2D eigenvalue weighted by Gasteiger charge is 2.16. The molecular weight excluding hydrogens is 870 g/mol. The molecule has 0 fully saturated rings. The molecule has 0 saturated carbocycles. The molecule has 0 aliphatic carbocycles. The minimum atomic E-state index is -0.544. The van der Waals surface area contributed by atoms with Gasteiger partial charge in [0.15, 0.2) is 17.4 Å². The number of aromatic amines is 3. The first-order valence-corrected chi connectivity index (χ1v) is 19.5. The van der Waals surface area contributed by atoms with E-state index in [1.165, 1.54) is 28.4 Å². The maximum Gasteiger partial charge on any atom is 0.313 e. The number of hydrogen-bond acceptors (Lipinski definition) is 12. The highest BCUT2D eigenvalue weighted by molar-refractivity contribution is 6.42. The zero-order valence-corrected chi connectivity index (χ0v) is 34.8. The fourth-order valence-electron chi connectivity index (χ4n) is 5.85. The highest BCUT2D eigenvalue weighted by Crippen LogP contribution is 2.29. The van der Waals surface area contributed by atoms with Crippen molar-refractivity contribution in [3.8, 4) is 34.0 Å². The van der Waals surface area contributed by atoms with Crippen LogP contribution < -0.4 is 11.3 Å². The Morgan fingerprint density at radius 3 is 2.11 bits per heavy atom. The quantitative estimate of drug-likeness (QED) is 0.0674. The van der Waals surface area contributed by atoms with Crippen molar-refractivity contribution in [1.29, 1.82) is 0 Å². The largest absolute Gasteiger partial charge is 0.466 e. The zero-order chi connectivity index (χ0) is 43.4. The van der Waals surface area contributed by atoms with E-state index in [2.05, 4.69) is 45.5 Å². The first-order chi connectivity index (χ1) is 29.3. The minimum absolute atomic E-state index is 0.200. The predicted octanol–water partition coefficient (Wildman–Crippen LogP) is 8.13. The van der Waals surface area contributed by atoms with E-state index >= 15 is 0 Å². The van der Waals surface area contributed by atoms with Gasteiger partial charge >= 0.3 is 5.97 Å². The molecule has 5 aromatic heterocycles. The van der Waals surface area contributed by atoms with Crippen LogP contribution in [-0.4, -0.2) is 79.0 Å². The number of fused-ring (bicyclic) bond motifs is 3. The van der Waals surface area contributed by atoms with E-state index in [-0.39, 0.29) is 42.0 Å². The van der Waals surface area contributed by atoms with Gasteiger partial charge in [0.05, 0.1) is 55.8 Å². The Balaban J connectivity index is 0.000000146. The van der Waals surface area contributed by atoms with Crippen LogP contribution in [0.3, 0.4) is 0 Å². The van der Waals surface area contributed by atoms with E-state index in [1.807, 2.05) is 18.2 Å². The van der Waals surface area contributed by atoms with Crippen molar-refractivity contribution < 1.29 is 19.1 Å². The number of nitrogens with one attached hydrogen (secondary N) is 3. The average molecular weight is 901 g/mol. The lowest BCUT2D eigenvalue weighted by Crippen LogP contribution is -2.14. The number of benzene rings is 4. The number of nitrogens with zero attached hydrogens (tertiary/aromatic N) is 8. The number of halogens is 4. The summed E-state index contributed by atoms with van der Waals surface area (Å²) in [6, 6.07) is 22.3. The molecule has 0 spiro atoms. The first-order valence-electron chi connectivity index (χ1n) is 18.0. The number of H-pyrrole nitrogens is 3. The van der Waals surface area contributed by atoms with Crippen molar-refractivity contribution in [2.45, 2.75) is 20.3 Å². The van der Waals surface area contributed by atoms with E-state index in [9.17, 15) is 19.2 Å². The summed E-state index contributed by atoms with van der Waals surface area (Å²) < 4.78 is 7.28. The zero-order valence-electron chi connectivity index (χ0n) is 31.8. The summed E-state index contributed by atoms with van der Waals surface area (Å²) in [5.41, 5.74) is 9.89. The maximum atomic E-state index is 12.5. The lowest BCUT2D eigenvalue weighted by molar-refractivity contribution is -0.141. The maximum absolute atomic E-state index is 12.5. The van der Waals surface area contributed by atoms with Crippen LogP contribution in [0, 0.1) is 0 Å². The van der Waals surface area contributed by atoms with Crippen LogP contribution in [0.2, 0.25) is 20.1 Å². The third-order valence-corrected chi connectivity index (χ3v) is 10.2. The molecule has 4 aromatic carbocycles. The van der Waals surface area contributed by atoms with Gasteiger partial charge in [-0.25, -0.2) is 9.67 Å². The van der Waals surface area contributed by atoms with Crippen LogP contribution in [0.4, 0.5) is 5.95 Å². The summed E-state index contributed by atoms with van der Waals surface area (Å²) in [4.78, 5) is 60.0. The second kappa shape index (κ2) is 18.1. The van der Waals surface area contributed by atoms with Crippen molar-refractivity contribution in [2.75, 3.05) is 12.3 Å². The summed E-state index contributed by atoms with van der Waals surface area (Å²) in [5.74, 6) is 0.446. The van der Waals surface area contributed by atoms with Gasteiger partial charge in [0.1, 0.15) is 6.42 Å². The Kier molecular flexibility index (Phi) is 12.6. The van der Waals surface area contributed by atoms with Crippen molar-refractivity contribution in [3.63, 3.8) is 0 Å². The third-order valence-electron chi connectivity index (χ3n) is 8.75. The normalized spacial score (nSPS) is 10.9. The Morgan fingerprint density at radius 2 is 1.46 bits per heavy atom. The van der Waals surface area contributed by atoms with Crippen LogP contribution >= 0.6 is 46.4 Å². The number of ketones is 1. The van der Waals surface area contributed by atoms with Crippen molar-refractivity contribution >= 4 is 97.6 Å². The number of nitrogens with two attached hydrogens (primary N) is 1. The summed E-state index contributed by atoms with van der Waals surface area (Å²) in [7, 11) is 0. The average Bonchev–Trinajstić information content (AvgIpc) is 4.06. The molecule has 5 N–H and O–H groups in total. The Bertz CT molecular complexity index is 3170. The van der Waals surface area contributed by atoms with Crippen molar-refractivity contribution in [3.05, 3.63) is 127 Å². The van der Waals surface area contributed by atoms with Gasteiger partial charge in [-0.3, -0.25) is 34.5 Å². The first kappa shape index (κ1) is 42.2. The number of hydrogen-bond donors (Lipinski definition) is 4. The van der Waals surface area contributed by atoms with E-state index < -0.39 is 5.97 Å². The minimum Gasteiger partial charge on any atom is -0.466 e. The second-order valence-corrected chi connectivity index (χ2v) is 14.5. The van der Waals surface area contributed by atoms with Gasteiger partial charge in [0, 0.05) is 46.0 Å². The standard InChI is InChI=1S/C18H10Cl2N6O.C14H14N2O4.C8H6Cl2N4/c19-12-3-1-10(6-13(12)20)17-23-18-22-15(7-16(27)26(18)25-17)9-2-4-14-11(5-9)8-21-24-14;1-3-20-14(19)7-13(18)10-4-5-12-11(6-10)8-15-16(12)9(2)17;9-5-2-1-4(3-6(5)10)7-12-8(11)14-13-7/h1-8H,(H,21,24)(H,22,23,25);4-6,8H,3,7H2,1-2H3;1-3H,(H3,11,12,13,14). The fourth-order valence-corrected chi connectivity index (χ4v) is 6.45. The van der Waals surface area contributed by atoms with Crippen LogP contribution in [0.1, 0.15) is 35.4 Å². The lowest BCUT2D eigenvalue weighted by atomic mass is 10.1. The van der Waals surface area contributed by atoms with Gasteiger partial charge in [0.2, 0.25) is 11.9 Å². The second-order valence-electron chi connectivity index (χ2n) is 12.9. The van der Waals surface area contributed by atoms with Gasteiger partial charge in [-0.05, 0) is 73.7 Å². The number of Topliss-reactive ketones (excluding diaryl/α,β-unsaturated/α-hetero) is 1. The molecule has 5 heterocycles. The summed E-state index contributed by atoms with van der Waals surface area (Å²) in [5, 5.41) is 23.6. The van der Waals surface area contributed by atoms with Gasteiger partial charge in [-0.15, -0.1) is 5.10 Å². The molecular formula is C40H30Cl4N12O5. The molecule has 0 aliphatic heterocycles. The molecule has 308 valence electrons. The van der Waals surface area contributed by atoms with Crippen molar-refractivity contribution in [1.82, 2.24) is 54.7 Å². The third kappa shape index (κ3) is 9.60. The van der Waals surface area contributed by atoms with Gasteiger partial charge in [0.25, 0.3) is 11.3 Å². The fraction of sp³-hybridized carbons (Fsp3) is 0.100. The number of carbonyl (C=O) groups is 3. The predicted molar refractivity (Wildman–Crippen MR) is 232 cm³/mol. The number of ether oxygens (including phenoxy) is 1. The lowest BCUT2D eigenvalue weighted by Gasteiger charge is -2.02. The van der Waals surface area contributed by atoms with Crippen LogP contribution in [0.5, 0.6) is 0 Å². The summed E-state index contributed by atoms with van der Waals surface area (Å²) in [6.45, 7) is 3.34. The molecule has 0 radical (unpaired) electrons. The van der Waals surface area contributed by atoms with E-state index in [1.54, 1.807) is 67.7 Å². The topological polar surface area (TPSA) is 238 Å². The molecule has 9 aromatic rings. The summed E-state index contributed by atoms with van der Waals surface area (Å²) in [6.07, 6.45) is 2.94. The van der Waals surface area contributed by atoms with Crippen LogP contribution in [-0.2, 0) is 9.53 Å². The number of rotatable bonds is 7. The van der Waals surface area contributed by atoms with Crippen molar-refractivity contribution in [2.24, 2.45) is 0 Å². The number of anilines is 1. The Labute approximate surface area is 363 Å². The van der Waals surface area contributed by atoms with E-state index in [4.69, 9.17) is 56.9 Å². The smallest absolute Gasteiger partial charge is 0.313 e. The number of nitrogen functional groups attached to an aromatic ring is 1. The Hall–Kier alpha value is -6.92. The number of esters is 1. The molecule has 0 atom stereocenters. The van der Waals surface area contributed by atoms with Gasteiger partial charge < -0.3 is 10.5 Å². The van der Waals surface area contributed by atoms with E-state index in [0.29, 0.717) is 59.5 Å². The molecule has 0 aliphatic rings. The SMILES string of the molecule is CCOC(=O)CC(=O)c1ccc2c(cnn2C(C)=O)c1.Nc1n[nH]c(-c2ccc(Cl)c(Cl)c2)n1.O=c1cc(-c2ccc3[nH]ncc3c2)nc2nc(-c3ccc(Cl)c(Cl)c3)[nH]n12. The molecule has 0 unspecified atom stereocenters. The molecule has 0 amide bonds. The molecule has 0 bridgehead atoms. The molecule has 9 rings (SSSR count). The number of aromatic nitrogens is 11. The molecule has 61 heavy (non-hydrogen) atoms. The van der Waals surface area contributed by atoms with E-state index in [0.717, 1.165) is 22.0 Å². The molecule has 21 heteroatoms. The number of carbonyl (C=O) groups excluding carboxylic acids is 3. The van der Waals surface area contributed by atoms with Crippen LogP contribution in [0.25, 0.3) is 61.6 Å². The van der Waals surface area contributed by atoms with Gasteiger partial charge in [-0.1, -0.05) is 52.5 Å². The monoisotopic (exact) mass is 898 g/mol. The highest BCUT2D eigenvalue weighted by atomic mass is 35.5. The van der Waals surface area contributed by atoms with Gasteiger partial charge in [-0.2, -0.15) is 24.7 Å². The molecule has 0 saturated heterocycles. The van der Waals surface area contributed by atoms with Crippen LogP contribution in [0.15, 0.2) is 96.1 Å².